The molecule has 1 atom stereocenters. The van der Waals surface area contributed by atoms with Gasteiger partial charge in [0.15, 0.2) is 0 Å². The van der Waals surface area contributed by atoms with Crippen LogP contribution in [0.25, 0.3) is 0 Å². The second kappa shape index (κ2) is 6.32. The van der Waals surface area contributed by atoms with Crippen molar-refractivity contribution in [1.82, 2.24) is 19.4 Å². The number of aryl methyl sites for hydroxylation is 1. The maximum absolute atomic E-state index is 12.7. The summed E-state index contributed by atoms with van der Waals surface area (Å²) < 4.78 is 39.9. The van der Waals surface area contributed by atoms with Crippen molar-refractivity contribution in [3.63, 3.8) is 0 Å². The number of alkyl halides is 3. The molecule has 1 saturated heterocycles. The van der Waals surface area contributed by atoms with E-state index in [1.54, 1.807) is 4.57 Å². The molecule has 0 unspecified atom stereocenters. The van der Waals surface area contributed by atoms with Crippen molar-refractivity contribution in [2.24, 2.45) is 7.05 Å². The number of likely N-dealkylation sites (tertiary alicyclic amines) is 1. The Morgan fingerprint density at radius 2 is 2.25 bits per heavy atom. The molecule has 0 aliphatic carbocycles. The molecule has 24 heavy (non-hydrogen) atoms. The van der Waals surface area contributed by atoms with E-state index in [1.807, 2.05) is 19.3 Å². The number of H-pyrrole nitrogens is 1. The second-order valence-corrected chi connectivity index (χ2v) is 6.21. The summed E-state index contributed by atoms with van der Waals surface area (Å²) in [6, 6.07) is 3.97. The van der Waals surface area contributed by atoms with Gasteiger partial charge in [0.25, 0.3) is 0 Å². The van der Waals surface area contributed by atoms with Crippen molar-refractivity contribution in [3.05, 3.63) is 41.2 Å². The summed E-state index contributed by atoms with van der Waals surface area (Å²) in [5, 5.41) is 9.01. The van der Waals surface area contributed by atoms with E-state index in [0.29, 0.717) is 24.6 Å². The lowest BCUT2D eigenvalue weighted by Gasteiger charge is -2.31. The minimum atomic E-state index is -4.39. The third-order valence-electron chi connectivity index (χ3n) is 4.38. The minimum Gasteiger partial charge on any atom is -0.342 e. The van der Waals surface area contributed by atoms with Crippen LogP contribution in [0.1, 0.15) is 41.5 Å². The van der Waals surface area contributed by atoms with Crippen molar-refractivity contribution in [2.75, 3.05) is 13.1 Å². The highest BCUT2D eigenvalue weighted by Gasteiger charge is 2.34. The van der Waals surface area contributed by atoms with Gasteiger partial charge < -0.3 is 9.55 Å². The van der Waals surface area contributed by atoms with Gasteiger partial charge >= 0.3 is 6.18 Å². The first-order valence-corrected chi connectivity index (χ1v) is 7.76. The smallest absolute Gasteiger partial charge is 0.342 e. The van der Waals surface area contributed by atoms with Crippen LogP contribution in [0.2, 0.25) is 0 Å². The molecular formula is C16H18F3N5. The average molecular weight is 337 g/mol. The Morgan fingerprint density at radius 1 is 1.46 bits per heavy atom. The fourth-order valence-electron chi connectivity index (χ4n) is 3.20. The number of nitrogens with one attached hydrogen (secondary N) is 1. The van der Waals surface area contributed by atoms with Crippen LogP contribution >= 0.6 is 0 Å². The Labute approximate surface area is 137 Å². The van der Waals surface area contributed by atoms with Crippen molar-refractivity contribution < 1.29 is 13.2 Å². The van der Waals surface area contributed by atoms with E-state index in [-0.39, 0.29) is 5.92 Å². The predicted octanol–water partition coefficient (Wildman–Crippen LogP) is 3.02. The van der Waals surface area contributed by atoms with Gasteiger partial charge in [-0.25, -0.2) is 4.98 Å². The van der Waals surface area contributed by atoms with Crippen LogP contribution in [0.5, 0.6) is 0 Å². The molecule has 0 spiro atoms. The Kier molecular flexibility index (Phi) is 4.37. The zero-order valence-corrected chi connectivity index (χ0v) is 13.3. The summed E-state index contributed by atoms with van der Waals surface area (Å²) in [7, 11) is 1.82. The number of nitriles is 1. The van der Waals surface area contributed by atoms with E-state index in [1.165, 1.54) is 0 Å². The average Bonchev–Trinajstić information content (AvgIpc) is 3.14. The lowest BCUT2D eigenvalue weighted by atomic mass is 9.97. The van der Waals surface area contributed by atoms with Crippen molar-refractivity contribution in [1.29, 1.82) is 5.26 Å². The molecule has 0 radical (unpaired) electrons. The first-order valence-electron chi connectivity index (χ1n) is 7.76. The van der Waals surface area contributed by atoms with Gasteiger partial charge in [-0.2, -0.15) is 18.4 Å². The first-order chi connectivity index (χ1) is 11.4. The molecule has 0 bridgehead atoms. The van der Waals surface area contributed by atoms with Crippen LogP contribution in [0.15, 0.2) is 18.5 Å². The summed E-state index contributed by atoms with van der Waals surface area (Å²) in [5.74, 6) is 0.367. The van der Waals surface area contributed by atoms with E-state index < -0.39 is 11.9 Å². The fraction of sp³-hybridized carbons (Fsp3) is 0.500. The molecule has 0 saturated carbocycles. The molecule has 2 aromatic heterocycles. The number of halogens is 3. The van der Waals surface area contributed by atoms with Crippen molar-refractivity contribution in [2.45, 2.75) is 31.5 Å². The van der Waals surface area contributed by atoms with Crippen LogP contribution in [0.3, 0.4) is 0 Å². The standard InChI is InChI=1S/C16H18F3N5/c1-23-8-11(5-13(23)6-20)9-24-4-2-3-12(10-24)15-21-7-14(22-15)16(17,18)19/h5,7-8,12H,2-4,9-10H2,1H3,(H,21,22)/t12-/m0/s1. The number of piperidine rings is 1. The van der Waals surface area contributed by atoms with Gasteiger partial charge in [-0.3, -0.25) is 4.90 Å². The van der Waals surface area contributed by atoms with Crippen LogP contribution in [0.4, 0.5) is 13.2 Å². The summed E-state index contributed by atoms with van der Waals surface area (Å²) >= 11 is 0. The highest BCUT2D eigenvalue weighted by atomic mass is 19.4. The van der Waals surface area contributed by atoms with E-state index in [0.717, 1.165) is 31.1 Å². The lowest BCUT2D eigenvalue weighted by Crippen LogP contribution is -2.34. The van der Waals surface area contributed by atoms with Gasteiger partial charge in [-0.15, -0.1) is 0 Å². The van der Waals surface area contributed by atoms with Gasteiger partial charge in [0.05, 0.1) is 6.20 Å². The number of imidazole rings is 1. The van der Waals surface area contributed by atoms with Gasteiger partial charge in [0.1, 0.15) is 23.3 Å². The summed E-state index contributed by atoms with van der Waals surface area (Å²) in [5.41, 5.74) is 0.834. The molecule has 1 aliphatic heterocycles. The molecule has 8 heteroatoms. The van der Waals surface area contributed by atoms with E-state index in [9.17, 15) is 13.2 Å². The molecule has 1 N–H and O–H groups in total. The molecular weight excluding hydrogens is 319 g/mol. The largest absolute Gasteiger partial charge is 0.432 e. The number of nitrogens with zero attached hydrogens (tertiary/aromatic N) is 4. The number of hydrogen-bond acceptors (Lipinski definition) is 3. The molecule has 2 aromatic rings. The van der Waals surface area contributed by atoms with E-state index in [2.05, 4.69) is 20.9 Å². The monoisotopic (exact) mass is 337 g/mol. The van der Waals surface area contributed by atoms with Crippen molar-refractivity contribution >= 4 is 0 Å². The molecule has 3 rings (SSSR count). The third-order valence-corrected chi connectivity index (χ3v) is 4.38. The van der Waals surface area contributed by atoms with Crippen LogP contribution in [-0.2, 0) is 19.8 Å². The summed E-state index contributed by atoms with van der Waals surface area (Å²) in [6.07, 6.45) is 0.114. The van der Waals surface area contributed by atoms with Crippen LogP contribution < -0.4 is 0 Å². The highest BCUT2D eigenvalue weighted by Crippen LogP contribution is 2.31. The van der Waals surface area contributed by atoms with Crippen LogP contribution in [-0.4, -0.2) is 32.5 Å². The van der Waals surface area contributed by atoms with Gasteiger partial charge in [-0.1, -0.05) is 0 Å². The Morgan fingerprint density at radius 3 is 2.88 bits per heavy atom. The van der Waals surface area contributed by atoms with Gasteiger partial charge in [0, 0.05) is 32.3 Å². The fourth-order valence-corrected chi connectivity index (χ4v) is 3.20. The second-order valence-electron chi connectivity index (χ2n) is 6.21. The predicted molar refractivity (Wildman–Crippen MR) is 81.0 cm³/mol. The Bertz CT molecular complexity index is 753. The molecule has 1 aliphatic rings. The van der Waals surface area contributed by atoms with E-state index in [4.69, 9.17) is 5.26 Å². The van der Waals surface area contributed by atoms with Gasteiger partial charge in [-0.05, 0) is 31.0 Å². The minimum absolute atomic E-state index is 0.0333. The highest BCUT2D eigenvalue weighted by molar-refractivity contribution is 5.28. The quantitative estimate of drug-likeness (QED) is 0.936. The van der Waals surface area contributed by atoms with E-state index >= 15 is 0 Å². The maximum Gasteiger partial charge on any atom is 0.432 e. The Balaban J connectivity index is 1.68. The van der Waals surface area contributed by atoms with Crippen molar-refractivity contribution in [3.8, 4) is 6.07 Å². The molecule has 0 aromatic carbocycles. The molecule has 5 nitrogen and oxygen atoms in total. The Hall–Kier alpha value is -2.27. The SMILES string of the molecule is Cn1cc(CN2CCC[C@H](c3ncc(C(F)(F)F)[nH]3)C2)cc1C#N. The summed E-state index contributed by atoms with van der Waals surface area (Å²) in [4.78, 5) is 8.54. The van der Waals surface area contributed by atoms with Gasteiger partial charge in [0.2, 0.25) is 0 Å². The van der Waals surface area contributed by atoms with Crippen LogP contribution in [0, 0.1) is 11.3 Å². The number of aromatic nitrogens is 3. The number of rotatable bonds is 3. The lowest BCUT2D eigenvalue weighted by molar-refractivity contribution is -0.141. The molecule has 128 valence electrons. The zero-order chi connectivity index (χ0) is 17.3. The number of hydrogen-bond donors (Lipinski definition) is 1. The zero-order valence-electron chi connectivity index (χ0n) is 13.3. The topological polar surface area (TPSA) is 60.6 Å². The maximum atomic E-state index is 12.7. The summed E-state index contributed by atoms with van der Waals surface area (Å²) in [6.45, 7) is 2.22. The molecule has 0 amide bonds. The molecule has 3 heterocycles. The third kappa shape index (κ3) is 3.46. The molecule has 1 fully saturated rings. The normalized spacial score (nSPS) is 19.4. The number of aromatic amines is 1. The first kappa shape index (κ1) is 16.6.